The van der Waals surface area contributed by atoms with E-state index in [2.05, 4.69) is 50.7 Å². The van der Waals surface area contributed by atoms with Crippen LogP contribution in [0.4, 0.5) is 11.8 Å². The summed E-state index contributed by atoms with van der Waals surface area (Å²) >= 11 is 0. The lowest BCUT2D eigenvalue weighted by Crippen LogP contribution is -2.51. The lowest BCUT2D eigenvalue weighted by Gasteiger charge is -2.34. The van der Waals surface area contributed by atoms with E-state index in [1.54, 1.807) is 12.4 Å². The number of anilines is 2. The Morgan fingerprint density at radius 1 is 1.06 bits per heavy atom. The van der Waals surface area contributed by atoms with Crippen LogP contribution in [0.5, 0.6) is 5.88 Å². The van der Waals surface area contributed by atoms with Crippen LogP contribution in [0.15, 0.2) is 16.9 Å². The van der Waals surface area contributed by atoms with Crippen LogP contribution in [-0.2, 0) is 4.79 Å². The number of hydrogen-bond acceptors (Lipinski definition) is 10. The zero-order chi connectivity index (χ0) is 25.2. The highest BCUT2D eigenvalue weighted by atomic mass is 16.5. The van der Waals surface area contributed by atoms with Gasteiger partial charge in [0.1, 0.15) is 11.9 Å². The number of amides is 1. The Kier molecular flexibility index (Phi) is 7.27. The van der Waals surface area contributed by atoms with Gasteiger partial charge in [-0.3, -0.25) is 4.79 Å². The highest BCUT2D eigenvalue weighted by Gasteiger charge is 2.38. The SMILES string of the molecule is CC(C)c1noc(N2CCC(C(C)Oc3cnc(N4CC(N)C(N5CCCCC5=O)C4)cn3)CC2)n1. The second-order valence-corrected chi connectivity index (χ2v) is 10.6. The van der Waals surface area contributed by atoms with E-state index in [0.717, 1.165) is 57.0 Å². The molecule has 0 radical (unpaired) electrons. The third-order valence-electron chi connectivity index (χ3n) is 7.76. The van der Waals surface area contributed by atoms with Crippen LogP contribution in [-0.4, -0.2) is 81.8 Å². The van der Waals surface area contributed by atoms with Gasteiger partial charge in [0.05, 0.1) is 18.4 Å². The molecule has 3 aliphatic rings. The van der Waals surface area contributed by atoms with Crippen LogP contribution < -0.4 is 20.3 Å². The van der Waals surface area contributed by atoms with Gasteiger partial charge in [-0.05, 0) is 38.5 Å². The Labute approximate surface area is 212 Å². The van der Waals surface area contributed by atoms with Crippen molar-refractivity contribution in [1.82, 2.24) is 25.0 Å². The van der Waals surface area contributed by atoms with Gasteiger partial charge in [-0.1, -0.05) is 19.0 Å². The number of carbonyl (C=O) groups is 1. The molecule has 5 heterocycles. The fourth-order valence-electron chi connectivity index (χ4n) is 5.48. The van der Waals surface area contributed by atoms with Crippen LogP contribution in [0.25, 0.3) is 0 Å². The molecule has 0 spiro atoms. The van der Waals surface area contributed by atoms with Gasteiger partial charge in [-0.2, -0.15) is 4.98 Å². The van der Waals surface area contributed by atoms with Crippen LogP contribution in [0.1, 0.15) is 64.6 Å². The largest absolute Gasteiger partial charge is 0.473 e. The summed E-state index contributed by atoms with van der Waals surface area (Å²) in [5, 5.41) is 4.08. The molecule has 5 rings (SSSR count). The molecule has 11 heteroatoms. The van der Waals surface area contributed by atoms with Gasteiger partial charge in [0.2, 0.25) is 11.8 Å². The maximum atomic E-state index is 12.4. The van der Waals surface area contributed by atoms with Gasteiger partial charge in [0.15, 0.2) is 5.82 Å². The van der Waals surface area contributed by atoms with Crippen molar-refractivity contribution < 1.29 is 14.1 Å². The van der Waals surface area contributed by atoms with Crippen molar-refractivity contribution in [2.45, 2.75) is 77.0 Å². The Bertz CT molecular complexity index is 1020. The lowest BCUT2D eigenvalue weighted by atomic mass is 9.92. The van der Waals surface area contributed by atoms with Crippen LogP contribution in [0, 0.1) is 5.92 Å². The predicted molar refractivity (Wildman–Crippen MR) is 135 cm³/mol. The molecule has 2 N–H and O–H groups in total. The standard InChI is InChI=1S/C25H38N8O3/c1-16(2)24-29-25(36-30-24)31-10-7-18(8-11-31)17(3)35-22-13-27-21(12-28-22)32-14-19(26)20(15-32)33-9-5-4-6-23(33)34/h12-13,16-20H,4-11,14-15,26H2,1-3H3. The summed E-state index contributed by atoms with van der Waals surface area (Å²) in [6.45, 7) is 10.1. The first kappa shape index (κ1) is 24.7. The van der Waals surface area contributed by atoms with Crippen molar-refractivity contribution in [3.63, 3.8) is 0 Å². The second-order valence-electron chi connectivity index (χ2n) is 10.6. The summed E-state index contributed by atoms with van der Waals surface area (Å²) in [4.78, 5) is 32.2. The number of carbonyl (C=O) groups excluding carboxylic acids is 1. The number of ether oxygens (including phenoxy) is 1. The summed E-state index contributed by atoms with van der Waals surface area (Å²) in [6.07, 6.45) is 8.08. The van der Waals surface area contributed by atoms with E-state index >= 15 is 0 Å². The van der Waals surface area contributed by atoms with Crippen molar-refractivity contribution in [3.8, 4) is 5.88 Å². The average Bonchev–Trinajstić information content (AvgIpc) is 3.53. The van der Waals surface area contributed by atoms with Crippen molar-refractivity contribution >= 4 is 17.7 Å². The van der Waals surface area contributed by atoms with E-state index in [9.17, 15) is 4.79 Å². The number of hydrogen-bond donors (Lipinski definition) is 1. The van der Waals surface area contributed by atoms with E-state index in [-0.39, 0.29) is 30.0 Å². The number of piperidine rings is 2. The Hall–Kier alpha value is -2.95. The predicted octanol–water partition coefficient (Wildman–Crippen LogP) is 2.20. The third-order valence-corrected chi connectivity index (χ3v) is 7.76. The zero-order valence-electron chi connectivity index (χ0n) is 21.5. The van der Waals surface area contributed by atoms with Crippen LogP contribution in [0.2, 0.25) is 0 Å². The summed E-state index contributed by atoms with van der Waals surface area (Å²) in [6, 6.07) is 0.561. The first-order valence-electron chi connectivity index (χ1n) is 13.3. The van der Waals surface area contributed by atoms with Crippen molar-refractivity contribution in [3.05, 3.63) is 18.2 Å². The van der Waals surface area contributed by atoms with Crippen LogP contribution in [0.3, 0.4) is 0 Å². The molecule has 3 fully saturated rings. The van der Waals surface area contributed by atoms with E-state index < -0.39 is 0 Å². The molecule has 11 nitrogen and oxygen atoms in total. The van der Waals surface area contributed by atoms with Gasteiger partial charge < -0.3 is 29.7 Å². The molecule has 3 aliphatic heterocycles. The monoisotopic (exact) mass is 498 g/mol. The van der Waals surface area contributed by atoms with Gasteiger partial charge in [0.25, 0.3) is 0 Å². The summed E-state index contributed by atoms with van der Waals surface area (Å²) in [5.74, 6) is 2.93. The molecule has 36 heavy (non-hydrogen) atoms. The number of nitrogens with two attached hydrogens (primary N) is 1. The molecule has 0 saturated carbocycles. The van der Waals surface area contributed by atoms with E-state index in [1.807, 2.05) is 4.90 Å². The molecule has 3 unspecified atom stereocenters. The molecule has 0 aromatic carbocycles. The van der Waals surface area contributed by atoms with Crippen molar-refractivity contribution in [1.29, 1.82) is 0 Å². The van der Waals surface area contributed by atoms with Crippen molar-refractivity contribution in [2.24, 2.45) is 11.7 Å². The van der Waals surface area contributed by atoms with Gasteiger partial charge >= 0.3 is 6.01 Å². The molecule has 0 aliphatic carbocycles. The molecule has 3 atom stereocenters. The zero-order valence-corrected chi connectivity index (χ0v) is 21.5. The molecule has 196 valence electrons. The topological polar surface area (TPSA) is 127 Å². The van der Waals surface area contributed by atoms with E-state index in [4.69, 9.17) is 15.0 Å². The van der Waals surface area contributed by atoms with Gasteiger partial charge in [-0.25, -0.2) is 9.97 Å². The average molecular weight is 499 g/mol. The maximum Gasteiger partial charge on any atom is 0.324 e. The minimum atomic E-state index is -0.0835. The maximum absolute atomic E-state index is 12.4. The molecular formula is C25H38N8O3. The highest BCUT2D eigenvalue weighted by molar-refractivity contribution is 5.77. The number of rotatable bonds is 7. The fourth-order valence-corrected chi connectivity index (χ4v) is 5.48. The molecule has 3 saturated heterocycles. The number of aromatic nitrogens is 4. The smallest absolute Gasteiger partial charge is 0.324 e. The number of likely N-dealkylation sites (tertiary alicyclic amines) is 1. The Morgan fingerprint density at radius 2 is 1.86 bits per heavy atom. The van der Waals surface area contributed by atoms with Gasteiger partial charge in [-0.15, -0.1) is 0 Å². The summed E-state index contributed by atoms with van der Waals surface area (Å²) < 4.78 is 11.6. The Balaban J connectivity index is 1.12. The van der Waals surface area contributed by atoms with Crippen molar-refractivity contribution in [2.75, 3.05) is 42.5 Å². The molecule has 2 aromatic rings. The number of nitrogens with zero attached hydrogens (tertiary/aromatic N) is 7. The summed E-state index contributed by atoms with van der Waals surface area (Å²) in [7, 11) is 0. The minimum Gasteiger partial charge on any atom is -0.473 e. The first-order chi connectivity index (χ1) is 17.4. The van der Waals surface area contributed by atoms with E-state index in [1.165, 1.54) is 0 Å². The minimum absolute atomic E-state index is 0.0240. The van der Waals surface area contributed by atoms with Crippen LogP contribution >= 0.6 is 0 Å². The molecule has 1 amide bonds. The first-order valence-corrected chi connectivity index (χ1v) is 13.3. The highest BCUT2D eigenvalue weighted by Crippen LogP contribution is 2.28. The normalized spacial score (nSPS) is 24.6. The Morgan fingerprint density at radius 3 is 2.53 bits per heavy atom. The molecular weight excluding hydrogens is 460 g/mol. The summed E-state index contributed by atoms with van der Waals surface area (Å²) in [5.41, 5.74) is 6.41. The van der Waals surface area contributed by atoms with Gasteiger partial charge in [0, 0.05) is 51.1 Å². The second kappa shape index (κ2) is 10.6. The molecule has 0 bridgehead atoms. The lowest BCUT2D eigenvalue weighted by molar-refractivity contribution is -0.135. The fraction of sp³-hybridized carbons (Fsp3) is 0.720. The van der Waals surface area contributed by atoms with E-state index in [0.29, 0.717) is 37.3 Å². The quantitative estimate of drug-likeness (QED) is 0.607. The molecule has 2 aromatic heterocycles. The third kappa shape index (κ3) is 5.25.